The number of rotatable bonds is 0. The molecule has 6 bridgehead atoms. The monoisotopic (exact) mass is 509 g/mol. The number of hydrogen-bond donors (Lipinski definition) is 0. The van der Waals surface area contributed by atoms with E-state index < -0.39 is 0 Å². The van der Waals surface area contributed by atoms with Crippen molar-refractivity contribution in [2.75, 3.05) is 0 Å². The lowest BCUT2D eigenvalue weighted by atomic mass is 10.0. The minimum Gasteiger partial charge on any atom is -0.228 e. The van der Waals surface area contributed by atoms with E-state index in [2.05, 4.69) is 118 Å². The largest absolute Gasteiger partial charge is 0.380 e. The number of fused-ring (bicyclic) bond motifs is 12. The van der Waals surface area contributed by atoms with Gasteiger partial charge in [-0.1, -0.05) is 78.9 Å². The predicted molar refractivity (Wildman–Crippen MR) is 169 cm³/mol. The zero-order chi connectivity index (χ0) is 26.2. The van der Waals surface area contributed by atoms with Gasteiger partial charge in [-0.3, -0.25) is 0 Å². The third kappa shape index (κ3) is 2.94. The summed E-state index contributed by atoms with van der Waals surface area (Å²) in [6.45, 7) is 0. The fraction of sp³-hybridized carbons (Fsp3) is 0. The molecule has 5 aromatic carbocycles. The van der Waals surface area contributed by atoms with E-state index in [1.54, 1.807) is 0 Å². The fourth-order valence-electron chi connectivity index (χ4n) is 6.33. The molecule has 0 radical (unpaired) electrons. The molecule has 9 rings (SSSR count). The second-order valence-electron chi connectivity index (χ2n) is 10.3. The zero-order valence-electron chi connectivity index (χ0n) is 21.4. The van der Waals surface area contributed by atoms with Gasteiger partial charge < -0.3 is 0 Å². The maximum Gasteiger partial charge on any atom is 0.380 e. The van der Waals surface area contributed by atoms with Crippen molar-refractivity contribution in [3.63, 3.8) is 0 Å². The summed E-state index contributed by atoms with van der Waals surface area (Å²) in [7, 11) is 0. The molecule has 40 heavy (non-hydrogen) atoms. The van der Waals surface area contributed by atoms with Crippen LogP contribution in [0.3, 0.4) is 0 Å². The summed E-state index contributed by atoms with van der Waals surface area (Å²) >= 11 is 0. The summed E-state index contributed by atoms with van der Waals surface area (Å²) in [6, 6.07) is 38.9. The van der Waals surface area contributed by atoms with E-state index in [1.807, 2.05) is 18.4 Å². The minimum atomic E-state index is 0.724. The molecule has 184 valence electrons. The van der Waals surface area contributed by atoms with Crippen molar-refractivity contribution in [2.45, 2.75) is 0 Å². The SMILES string of the molecule is C1=CC(n2c3ccc4cc3c3c(cccc32)c2nc3ccccc3c(n2)c2cccc(c2)c2ccccc42)=[N+]=C1. The average Bonchev–Trinajstić information content (AvgIpc) is 3.66. The molecule has 0 unspecified atom stereocenters. The van der Waals surface area contributed by atoms with E-state index in [4.69, 9.17) is 9.97 Å². The molecule has 3 aromatic heterocycles. The Morgan fingerprint density at radius 1 is 0.550 bits per heavy atom. The van der Waals surface area contributed by atoms with Gasteiger partial charge in [0.05, 0.1) is 17.1 Å². The van der Waals surface area contributed by atoms with Crippen LogP contribution in [0.2, 0.25) is 0 Å². The third-order valence-corrected chi connectivity index (χ3v) is 8.09. The van der Waals surface area contributed by atoms with Gasteiger partial charge >= 0.3 is 5.84 Å². The van der Waals surface area contributed by atoms with Crippen LogP contribution in [0.4, 0.5) is 0 Å². The van der Waals surface area contributed by atoms with Crippen LogP contribution < -0.4 is 4.67 Å². The highest BCUT2D eigenvalue weighted by Crippen LogP contribution is 2.36. The molecular weight excluding hydrogens is 488 g/mol. The van der Waals surface area contributed by atoms with Crippen molar-refractivity contribution in [3.8, 4) is 0 Å². The van der Waals surface area contributed by atoms with E-state index in [9.17, 15) is 0 Å². The van der Waals surface area contributed by atoms with Crippen LogP contribution in [0.5, 0.6) is 0 Å². The van der Waals surface area contributed by atoms with E-state index in [0.29, 0.717) is 0 Å². The summed E-state index contributed by atoms with van der Waals surface area (Å²) in [6.07, 6.45) is 5.89. The summed E-state index contributed by atoms with van der Waals surface area (Å²) in [5.74, 6) is 0.904. The lowest BCUT2D eigenvalue weighted by molar-refractivity contribution is 1.28. The minimum absolute atomic E-state index is 0.724. The fourth-order valence-corrected chi connectivity index (χ4v) is 6.33. The molecule has 0 amide bonds. The van der Waals surface area contributed by atoms with Crippen molar-refractivity contribution >= 4 is 88.2 Å². The molecule has 0 spiro atoms. The van der Waals surface area contributed by atoms with Gasteiger partial charge in [-0.2, -0.15) is 4.57 Å². The summed E-state index contributed by atoms with van der Waals surface area (Å²) in [4.78, 5) is 10.4. The summed E-state index contributed by atoms with van der Waals surface area (Å²) in [5, 5.41) is 10.2. The van der Waals surface area contributed by atoms with Crippen LogP contribution in [0.25, 0.3) is 76.2 Å². The number of allylic oxidation sites excluding steroid dienone is 2. The van der Waals surface area contributed by atoms with Crippen molar-refractivity contribution in [1.82, 2.24) is 19.2 Å². The van der Waals surface area contributed by atoms with Crippen molar-refractivity contribution < 1.29 is 0 Å². The van der Waals surface area contributed by atoms with Gasteiger partial charge in [0.15, 0.2) is 11.9 Å². The van der Waals surface area contributed by atoms with Crippen LogP contribution >= 0.6 is 0 Å². The second kappa shape index (κ2) is 7.97. The van der Waals surface area contributed by atoms with E-state index >= 15 is 0 Å². The second-order valence-corrected chi connectivity index (χ2v) is 10.3. The highest BCUT2D eigenvalue weighted by molar-refractivity contribution is 6.26. The van der Waals surface area contributed by atoms with Crippen LogP contribution in [0.15, 0.2) is 121 Å². The smallest absolute Gasteiger partial charge is 0.228 e. The number of para-hydroxylation sites is 1. The van der Waals surface area contributed by atoms with E-state index in [1.165, 1.54) is 16.2 Å². The molecule has 4 nitrogen and oxygen atoms in total. The lowest BCUT2D eigenvalue weighted by Gasteiger charge is -2.04. The van der Waals surface area contributed by atoms with Crippen molar-refractivity contribution in [2.24, 2.45) is 0 Å². The molecule has 4 heteroatoms. The first-order valence-corrected chi connectivity index (χ1v) is 13.5. The van der Waals surface area contributed by atoms with Gasteiger partial charge in [0.2, 0.25) is 0 Å². The molecule has 0 N–H and O–H groups in total. The Balaban J connectivity index is 1.66. The number of nitrogens with zero attached hydrogens (tertiary/aromatic N) is 4. The Kier molecular flexibility index (Phi) is 4.26. The summed E-state index contributed by atoms with van der Waals surface area (Å²) < 4.78 is 6.93. The van der Waals surface area contributed by atoms with Crippen LogP contribution in [0, 0.1) is 0 Å². The Labute approximate surface area is 228 Å². The molecule has 0 saturated heterocycles. The molecule has 0 aliphatic carbocycles. The van der Waals surface area contributed by atoms with Crippen LogP contribution in [0.1, 0.15) is 0 Å². The predicted octanol–water partition coefficient (Wildman–Crippen LogP) is 7.87. The lowest BCUT2D eigenvalue weighted by Crippen LogP contribution is -2.09. The first kappa shape index (κ1) is 21.4. The van der Waals surface area contributed by atoms with Crippen molar-refractivity contribution in [3.05, 3.63) is 121 Å². The Morgan fingerprint density at radius 3 is 2.15 bits per heavy atom. The zero-order valence-corrected chi connectivity index (χ0v) is 21.4. The standard InChI is InChI=1S/C36H21N4/c1-2-11-26-23-17-18-31-29(21-23)34-28(13-6-15-32(34)40(31)33-16-7-19-37-33)36-38-30-14-4-3-12-27(30)35(39-36)24-9-5-8-22(20-24)25(26)10-1/h1-21H/q+1. The molecule has 4 heterocycles. The van der Waals surface area contributed by atoms with Gasteiger partial charge in [0.25, 0.3) is 0 Å². The maximum atomic E-state index is 5.28. The van der Waals surface area contributed by atoms with Gasteiger partial charge in [-0.25, -0.2) is 14.6 Å². The van der Waals surface area contributed by atoms with Gasteiger partial charge in [0, 0.05) is 33.0 Å². The molecule has 0 fully saturated rings. The van der Waals surface area contributed by atoms with E-state index in [-0.39, 0.29) is 0 Å². The highest BCUT2D eigenvalue weighted by Gasteiger charge is 2.24. The normalized spacial score (nSPS) is 13.1. The molecule has 0 saturated carbocycles. The van der Waals surface area contributed by atoms with Crippen LogP contribution in [-0.2, 0) is 0 Å². The van der Waals surface area contributed by atoms with E-state index in [0.717, 1.165) is 65.9 Å². The number of hydrogen-bond acceptors (Lipinski definition) is 2. The van der Waals surface area contributed by atoms with Gasteiger partial charge in [-0.15, -0.1) is 0 Å². The molecule has 8 aromatic rings. The molecule has 1 aliphatic rings. The number of benzene rings is 5. The first-order valence-electron chi connectivity index (χ1n) is 13.5. The average molecular weight is 510 g/mol. The third-order valence-electron chi connectivity index (χ3n) is 8.09. The Bertz CT molecular complexity index is 2530. The van der Waals surface area contributed by atoms with Crippen molar-refractivity contribution in [1.29, 1.82) is 0 Å². The molecular formula is C36H21N4+. The number of aromatic nitrogens is 3. The maximum absolute atomic E-state index is 5.28. The highest BCUT2D eigenvalue weighted by atomic mass is 15.0. The Morgan fingerprint density at radius 2 is 1.30 bits per heavy atom. The molecule has 1 aliphatic heterocycles. The van der Waals surface area contributed by atoms with Gasteiger partial charge in [0.1, 0.15) is 11.0 Å². The topological polar surface area (TPSA) is 44.8 Å². The van der Waals surface area contributed by atoms with Gasteiger partial charge in [-0.05, 0) is 51.9 Å². The molecule has 0 atom stereocenters. The first-order chi connectivity index (χ1) is 19.8. The quantitative estimate of drug-likeness (QED) is 0.195. The summed E-state index contributed by atoms with van der Waals surface area (Å²) in [5.41, 5.74) is 4.80. The van der Waals surface area contributed by atoms with Crippen LogP contribution in [-0.4, -0.2) is 26.6 Å². The Hall–Kier alpha value is -5.57.